The third-order valence-electron chi connectivity index (χ3n) is 3.98. The van der Waals surface area contributed by atoms with Crippen LogP contribution in [0.5, 0.6) is 0 Å². The molecule has 1 aromatic rings. The second-order valence-electron chi connectivity index (χ2n) is 6.99. The fourth-order valence-electron chi connectivity index (χ4n) is 2.68. The molecule has 0 atom stereocenters. The Morgan fingerprint density at radius 3 is 2.42 bits per heavy atom. The average molecular weight is 338 g/mol. The lowest BCUT2D eigenvalue weighted by Gasteiger charge is -2.35. The van der Waals surface area contributed by atoms with Crippen LogP contribution in [0.4, 0.5) is 4.79 Å². The Labute approximate surface area is 142 Å². The first-order chi connectivity index (χ1) is 11.2. The van der Waals surface area contributed by atoms with Gasteiger partial charge in [-0.05, 0) is 20.8 Å². The van der Waals surface area contributed by atoms with Crippen molar-refractivity contribution in [1.82, 2.24) is 19.6 Å². The molecule has 1 aromatic heterocycles. The van der Waals surface area contributed by atoms with Gasteiger partial charge >= 0.3 is 12.1 Å². The normalized spacial score (nSPS) is 16.2. The maximum Gasteiger partial charge on any atom is 0.410 e. The molecule has 8 nitrogen and oxygen atoms in total. The fraction of sp³-hybridized carbons (Fsp3) is 0.688. The van der Waals surface area contributed by atoms with Gasteiger partial charge < -0.3 is 14.7 Å². The molecular weight excluding hydrogens is 312 g/mol. The van der Waals surface area contributed by atoms with Crippen LogP contribution in [0.25, 0.3) is 0 Å². The van der Waals surface area contributed by atoms with Gasteiger partial charge in [0.1, 0.15) is 11.2 Å². The molecule has 1 fully saturated rings. The summed E-state index contributed by atoms with van der Waals surface area (Å²) in [5, 5.41) is 13.2. The maximum atomic E-state index is 12.0. The van der Waals surface area contributed by atoms with Crippen LogP contribution < -0.4 is 0 Å². The van der Waals surface area contributed by atoms with E-state index in [0.717, 1.165) is 25.3 Å². The van der Waals surface area contributed by atoms with Gasteiger partial charge in [0.25, 0.3) is 0 Å². The molecule has 0 saturated carbocycles. The number of aromatic nitrogens is 2. The van der Waals surface area contributed by atoms with Gasteiger partial charge in [-0.2, -0.15) is 5.10 Å². The summed E-state index contributed by atoms with van der Waals surface area (Å²) >= 11 is 0. The highest BCUT2D eigenvalue weighted by molar-refractivity contribution is 5.88. The van der Waals surface area contributed by atoms with E-state index in [9.17, 15) is 14.7 Å². The molecule has 0 aliphatic carbocycles. The van der Waals surface area contributed by atoms with Crippen molar-refractivity contribution in [3.05, 3.63) is 17.5 Å². The fourth-order valence-corrected chi connectivity index (χ4v) is 2.68. The molecule has 0 aromatic carbocycles. The summed E-state index contributed by atoms with van der Waals surface area (Å²) in [4.78, 5) is 27.2. The topological polar surface area (TPSA) is 87.9 Å². The number of aromatic carboxylic acids is 1. The van der Waals surface area contributed by atoms with E-state index >= 15 is 0 Å². The summed E-state index contributed by atoms with van der Waals surface area (Å²) in [6, 6.07) is 0. The molecule has 0 radical (unpaired) electrons. The zero-order valence-electron chi connectivity index (χ0n) is 14.8. The summed E-state index contributed by atoms with van der Waals surface area (Å²) < 4.78 is 6.99. The van der Waals surface area contributed by atoms with E-state index in [4.69, 9.17) is 4.74 Å². The summed E-state index contributed by atoms with van der Waals surface area (Å²) in [5.74, 6) is -0.951. The third kappa shape index (κ3) is 4.70. The Kier molecular flexibility index (Phi) is 5.48. The number of piperazine rings is 1. The molecule has 134 valence electrons. The maximum absolute atomic E-state index is 12.0. The average Bonchev–Trinajstić information content (AvgIpc) is 2.85. The molecule has 1 amide bonds. The van der Waals surface area contributed by atoms with Crippen LogP contribution in [0, 0.1) is 0 Å². The van der Waals surface area contributed by atoms with Gasteiger partial charge in [-0.25, -0.2) is 9.59 Å². The largest absolute Gasteiger partial charge is 0.478 e. The molecule has 0 unspecified atom stereocenters. The van der Waals surface area contributed by atoms with Gasteiger partial charge in [-0.1, -0.05) is 0 Å². The molecule has 1 saturated heterocycles. The van der Waals surface area contributed by atoms with Crippen molar-refractivity contribution in [3.63, 3.8) is 0 Å². The minimum Gasteiger partial charge on any atom is -0.478 e. The number of hydrogen-bond donors (Lipinski definition) is 1. The smallest absolute Gasteiger partial charge is 0.410 e. The van der Waals surface area contributed by atoms with Crippen molar-refractivity contribution in [2.24, 2.45) is 7.05 Å². The summed E-state index contributed by atoms with van der Waals surface area (Å²) in [5.41, 5.74) is 0.489. The molecule has 2 heterocycles. The van der Waals surface area contributed by atoms with Crippen molar-refractivity contribution in [2.75, 3.05) is 32.7 Å². The summed E-state index contributed by atoms with van der Waals surface area (Å²) in [7, 11) is 1.75. The van der Waals surface area contributed by atoms with Crippen LogP contribution in [0.1, 0.15) is 36.8 Å². The first-order valence-corrected chi connectivity index (χ1v) is 8.12. The lowest BCUT2D eigenvalue weighted by molar-refractivity contribution is 0.0145. The van der Waals surface area contributed by atoms with Crippen LogP contribution in [0.15, 0.2) is 6.20 Å². The quantitative estimate of drug-likeness (QED) is 0.888. The van der Waals surface area contributed by atoms with E-state index < -0.39 is 11.6 Å². The third-order valence-corrected chi connectivity index (χ3v) is 3.98. The second-order valence-corrected chi connectivity index (χ2v) is 6.99. The van der Waals surface area contributed by atoms with Gasteiger partial charge in [0.2, 0.25) is 0 Å². The number of hydrogen-bond acceptors (Lipinski definition) is 5. The van der Waals surface area contributed by atoms with E-state index in [0.29, 0.717) is 19.5 Å². The number of amides is 1. The number of ether oxygens (including phenoxy) is 1. The number of carboxylic acid groups (broad SMARTS) is 1. The molecule has 24 heavy (non-hydrogen) atoms. The van der Waals surface area contributed by atoms with Crippen LogP contribution in [0.3, 0.4) is 0 Å². The van der Waals surface area contributed by atoms with Gasteiger partial charge in [-0.3, -0.25) is 9.58 Å². The highest BCUT2D eigenvalue weighted by Gasteiger charge is 2.26. The zero-order chi connectivity index (χ0) is 17.9. The minimum absolute atomic E-state index is 0.255. The Morgan fingerprint density at radius 1 is 1.25 bits per heavy atom. The predicted molar refractivity (Wildman–Crippen MR) is 88.1 cm³/mol. The molecule has 1 aliphatic rings. The number of rotatable bonds is 4. The Morgan fingerprint density at radius 2 is 1.88 bits per heavy atom. The molecule has 2 rings (SSSR count). The van der Waals surface area contributed by atoms with E-state index in [1.165, 1.54) is 6.20 Å². The lowest BCUT2D eigenvalue weighted by atomic mass is 10.2. The number of carbonyl (C=O) groups excluding carboxylic acids is 1. The highest BCUT2D eigenvalue weighted by atomic mass is 16.6. The molecule has 1 aliphatic heterocycles. The number of nitrogens with zero attached hydrogens (tertiary/aromatic N) is 4. The first kappa shape index (κ1) is 18.3. The van der Waals surface area contributed by atoms with Crippen molar-refractivity contribution in [3.8, 4) is 0 Å². The second kappa shape index (κ2) is 7.21. The molecule has 1 N–H and O–H groups in total. The van der Waals surface area contributed by atoms with E-state index in [2.05, 4.69) is 10.00 Å². The molecule has 8 heteroatoms. The number of aryl methyl sites for hydroxylation is 1. The molecule has 0 spiro atoms. The number of carboxylic acids is 1. The standard InChI is InChI=1S/C16H26N4O4/c1-16(2,3)24-15(23)20-9-7-19(8-10-20)6-5-13-12(14(21)22)11-17-18(13)4/h11H,5-10H2,1-4H3,(H,21,22). The zero-order valence-corrected chi connectivity index (χ0v) is 14.8. The van der Waals surface area contributed by atoms with Gasteiger partial charge in [0.05, 0.1) is 11.9 Å². The van der Waals surface area contributed by atoms with Crippen LogP contribution in [-0.4, -0.2) is 75.1 Å². The van der Waals surface area contributed by atoms with Crippen LogP contribution in [-0.2, 0) is 18.2 Å². The summed E-state index contributed by atoms with van der Waals surface area (Å²) in [6.07, 6.45) is 1.73. The van der Waals surface area contributed by atoms with Gasteiger partial charge in [0, 0.05) is 46.2 Å². The van der Waals surface area contributed by atoms with Crippen molar-refractivity contribution >= 4 is 12.1 Å². The number of carbonyl (C=O) groups is 2. The lowest BCUT2D eigenvalue weighted by Crippen LogP contribution is -2.50. The van der Waals surface area contributed by atoms with Crippen molar-refractivity contribution < 1.29 is 19.4 Å². The van der Waals surface area contributed by atoms with E-state index in [1.54, 1.807) is 16.6 Å². The van der Waals surface area contributed by atoms with Gasteiger partial charge in [-0.15, -0.1) is 0 Å². The van der Waals surface area contributed by atoms with E-state index in [1.807, 2.05) is 20.8 Å². The van der Waals surface area contributed by atoms with E-state index in [-0.39, 0.29) is 11.7 Å². The van der Waals surface area contributed by atoms with Crippen LogP contribution >= 0.6 is 0 Å². The minimum atomic E-state index is -0.951. The van der Waals surface area contributed by atoms with Gasteiger partial charge in [0.15, 0.2) is 0 Å². The van der Waals surface area contributed by atoms with Crippen LogP contribution in [0.2, 0.25) is 0 Å². The van der Waals surface area contributed by atoms with Crippen molar-refractivity contribution in [1.29, 1.82) is 0 Å². The molecular formula is C16H26N4O4. The monoisotopic (exact) mass is 338 g/mol. The Balaban J connectivity index is 1.83. The SMILES string of the molecule is Cn1ncc(C(=O)O)c1CCN1CCN(C(=O)OC(C)(C)C)CC1. The van der Waals surface area contributed by atoms with Crippen molar-refractivity contribution in [2.45, 2.75) is 32.8 Å². The highest BCUT2D eigenvalue weighted by Crippen LogP contribution is 2.13. The predicted octanol–water partition coefficient (Wildman–Crippen LogP) is 1.21. The first-order valence-electron chi connectivity index (χ1n) is 8.12. The molecule has 0 bridgehead atoms. The Bertz CT molecular complexity index is 598. The summed E-state index contributed by atoms with van der Waals surface area (Å²) in [6.45, 7) is 9.04. The Hall–Kier alpha value is -2.09.